The van der Waals surface area contributed by atoms with Crippen molar-refractivity contribution < 1.29 is 9.13 Å². The van der Waals surface area contributed by atoms with Crippen molar-refractivity contribution in [2.45, 2.75) is 31.2 Å². The molecule has 2 rings (SSSR count). The van der Waals surface area contributed by atoms with Crippen molar-refractivity contribution in [3.63, 3.8) is 0 Å². The first kappa shape index (κ1) is 13.6. The SMILES string of the molecule is CN1CCCCC1COc1nccc(CCl)c1F. The van der Waals surface area contributed by atoms with Gasteiger partial charge < -0.3 is 9.64 Å². The summed E-state index contributed by atoms with van der Waals surface area (Å²) in [6.45, 7) is 1.55. The predicted octanol–water partition coefficient (Wildman–Crippen LogP) is 2.82. The number of hydrogen-bond donors (Lipinski definition) is 0. The van der Waals surface area contributed by atoms with Crippen LogP contribution >= 0.6 is 11.6 Å². The molecule has 2 heterocycles. The van der Waals surface area contributed by atoms with Crippen molar-refractivity contribution in [3.8, 4) is 5.88 Å². The highest BCUT2D eigenvalue weighted by molar-refractivity contribution is 6.17. The molecule has 1 aliphatic heterocycles. The molecular weight excluding hydrogens is 255 g/mol. The van der Waals surface area contributed by atoms with Crippen LogP contribution < -0.4 is 4.74 Å². The van der Waals surface area contributed by atoms with E-state index in [4.69, 9.17) is 16.3 Å². The number of hydrogen-bond acceptors (Lipinski definition) is 3. The molecule has 0 aromatic carbocycles. The van der Waals surface area contributed by atoms with Crippen molar-refractivity contribution in [2.75, 3.05) is 20.2 Å². The standard InChI is InChI=1S/C13H18ClFN2O/c1-17-7-3-2-4-11(17)9-18-13-12(15)10(8-14)5-6-16-13/h5-6,11H,2-4,7-9H2,1H3. The zero-order chi connectivity index (χ0) is 13.0. The second-order valence-corrected chi connectivity index (χ2v) is 4.93. The fourth-order valence-corrected chi connectivity index (χ4v) is 2.40. The molecule has 5 heteroatoms. The van der Waals surface area contributed by atoms with Gasteiger partial charge in [-0.2, -0.15) is 0 Å². The van der Waals surface area contributed by atoms with Crippen LogP contribution in [0.4, 0.5) is 4.39 Å². The summed E-state index contributed by atoms with van der Waals surface area (Å²) in [6, 6.07) is 1.92. The van der Waals surface area contributed by atoms with E-state index in [0.717, 1.165) is 13.0 Å². The van der Waals surface area contributed by atoms with Crippen LogP contribution in [0.1, 0.15) is 24.8 Å². The number of likely N-dealkylation sites (N-methyl/N-ethyl adjacent to an activating group) is 1. The van der Waals surface area contributed by atoms with Crippen molar-refractivity contribution in [1.82, 2.24) is 9.88 Å². The number of ether oxygens (including phenoxy) is 1. The monoisotopic (exact) mass is 272 g/mol. The average molecular weight is 273 g/mol. The Morgan fingerprint density at radius 2 is 2.39 bits per heavy atom. The summed E-state index contributed by atoms with van der Waals surface area (Å²) >= 11 is 5.64. The zero-order valence-corrected chi connectivity index (χ0v) is 11.3. The van der Waals surface area contributed by atoms with E-state index in [1.54, 1.807) is 6.07 Å². The Morgan fingerprint density at radius 3 is 3.11 bits per heavy atom. The average Bonchev–Trinajstić information content (AvgIpc) is 2.39. The van der Waals surface area contributed by atoms with E-state index >= 15 is 0 Å². The Bertz CT molecular complexity index is 403. The minimum absolute atomic E-state index is 0.0622. The molecule has 0 bridgehead atoms. The molecule has 1 aromatic rings. The van der Waals surface area contributed by atoms with Gasteiger partial charge in [0, 0.05) is 17.8 Å². The summed E-state index contributed by atoms with van der Waals surface area (Å²) in [5.41, 5.74) is 0.429. The maximum Gasteiger partial charge on any atom is 0.250 e. The van der Waals surface area contributed by atoms with Crippen molar-refractivity contribution in [3.05, 3.63) is 23.6 Å². The van der Waals surface area contributed by atoms with Crippen LogP contribution in [0.3, 0.4) is 0 Å². The fraction of sp³-hybridized carbons (Fsp3) is 0.615. The summed E-state index contributed by atoms with van der Waals surface area (Å²) in [5, 5.41) is 0. The van der Waals surface area contributed by atoms with Gasteiger partial charge in [-0.25, -0.2) is 9.37 Å². The van der Waals surface area contributed by atoms with Crippen molar-refractivity contribution >= 4 is 11.6 Å². The molecule has 0 amide bonds. The van der Waals surface area contributed by atoms with Crippen LogP contribution in [0.2, 0.25) is 0 Å². The highest BCUT2D eigenvalue weighted by Gasteiger charge is 2.20. The van der Waals surface area contributed by atoms with E-state index in [1.165, 1.54) is 19.0 Å². The van der Waals surface area contributed by atoms with Gasteiger partial charge in [-0.1, -0.05) is 6.42 Å². The van der Waals surface area contributed by atoms with Crippen LogP contribution in [0.5, 0.6) is 5.88 Å². The predicted molar refractivity (Wildman–Crippen MR) is 69.5 cm³/mol. The Morgan fingerprint density at radius 1 is 1.56 bits per heavy atom. The normalized spacial score (nSPS) is 20.9. The Labute approximate surface area is 112 Å². The molecule has 0 saturated carbocycles. The lowest BCUT2D eigenvalue weighted by molar-refractivity contribution is 0.120. The van der Waals surface area contributed by atoms with Crippen LogP contribution in [0, 0.1) is 5.82 Å². The van der Waals surface area contributed by atoms with Gasteiger partial charge in [-0.05, 0) is 32.5 Å². The molecule has 0 N–H and O–H groups in total. The molecule has 0 radical (unpaired) electrons. The third-order valence-corrected chi connectivity index (χ3v) is 3.70. The summed E-state index contributed by atoms with van der Waals surface area (Å²) in [6.07, 6.45) is 5.05. The third kappa shape index (κ3) is 3.12. The Hall–Kier alpha value is -0.870. The third-order valence-electron chi connectivity index (χ3n) is 3.42. The number of piperidine rings is 1. The minimum Gasteiger partial charge on any atom is -0.474 e. The second kappa shape index (κ2) is 6.34. The number of halogens is 2. The quantitative estimate of drug-likeness (QED) is 0.788. The van der Waals surface area contributed by atoms with Gasteiger partial charge in [-0.15, -0.1) is 11.6 Å². The minimum atomic E-state index is -0.439. The number of nitrogens with zero attached hydrogens (tertiary/aromatic N) is 2. The number of aromatic nitrogens is 1. The molecule has 1 fully saturated rings. The largest absolute Gasteiger partial charge is 0.474 e. The van der Waals surface area contributed by atoms with Gasteiger partial charge in [0.15, 0.2) is 5.82 Å². The molecule has 1 atom stereocenters. The molecule has 1 unspecified atom stereocenters. The van der Waals surface area contributed by atoms with Gasteiger partial charge in [0.25, 0.3) is 5.88 Å². The smallest absolute Gasteiger partial charge is 0.250 e. The first-order chi connectivity index (χ1) is 8.72. The van der Waals surface area contributed by atoms with Crippen LogP contribution in [-0.2, 0) is 5.88 Å². The number of likely N-dealkylation sites (tertiary alicyclic amines) is 1. The molecular formula is C13H18ClFN2O. The highest BCUT2D eigenvalue weighted by Crippen LogP contribution is 2.21. The number of alkyl halides is 1. The Balaban J connectivity index is 1.97. The van der Waals surface area contributed by atoms with Crippen LogP contribution in [-0.4, -0.2) is 36.1 Å². The van der Waals surface area contributed by atoms with Gasteiger partial charge in [-0.3, -0.25) is 0 Å². The second-order valence-electron chi connectivity index (χ2n) is 4.66. The van der Waals surface area contributed by atoms with Crippen LogP contribution in [0.25, 0.3) is 0 Å². The Kier molecular flexibility index (Phi) is 4.78. The summed E-state index contributed by atoms with van der Waals surface area (Å²) in [5.74, 6) is -0.244. The van der Waals surface area contributed by atoms with E-state index in [1.807, 2.05) is 0 Å². The van der Waals surface area contributed by atoms with Gasteiger partial charge in [0.1, 0.15) is 6.61 Å². The summed E-state index contributed by atoms with van der Waals surface area (Å²) in [7, 11) is 2.08. The van der Waals surface area contributed by atoms with E-state index in [0.29, 0.717) is 18.2 Å². The molecule has 1 saturated heterocycles. The van der Waals surface area contributed by atoms with E-state index < -0.39 is 5.82 Å². The number of pyridine rings is 1. The molecule has 0 spiro atoms. The van der Waals surface area contributed by atoms with Gasteiger partial charge >= 0.3 is 0 Å². The van der Waals surface area contributed by atoms with Crippen molar-refractivity contribution in [1.29, 1.82) is 0 Å². The lowest BCUT2D eigenvalue weighted by Crippen LogP contribution is -2.40. The van der Waals surface area contributed by atoms with Gasteiger partial charge in [0.2, 0.25) is 0 Å². The van der Waals surface area contributed by atoms with Crippen LogP contribution in [0.15, 0.2) is 12.3 Å². The lowest BCUT2D eigenvalue weighted by atomic mass is 10.0. The highest BCUT2D eigenvalue weighted by atomic mass is 35.5. The molecule has 1 aliphatic rings. The van der Waals surface area contributed by atoms with E-state index in [2.05, 4.69) is 16.9 Å². The zero-order valence-electron chi connectivity index (χ0n) is 10.5. The molecule has 1 aromatic heterocycles. The van der Waals surface area contributed by atoms with E-state index in [9.17, 15) is 4.39 Å². The number of rotatable bonds is 4. The lowest BCUT2D eigenvalue weighted by Gasteiger charge is -2.31. The summed E-state index contributed by atoms with van der Waals surface area (Å²) < 4.78 is 19.3. The van der Waals surface area contributed by atoms with Crippen molar-refractivity contribution in [2.24, 2.45) is 0 Å². The maximum absolute atomic E-state index is 13.8. The summed E-state index contributed by atoms with van der Waals surface area (Å²) in [4.78, 5) is 6.18. The molecule has 100 valence electrons. The molecule has 3 nitrogen and oxygen atoms in total. The fourth-order valence-electron chi connectivity index (χ4n) is 2.20. The maximum atomic E-state index is 13.8. The topological polar surface area (TPSA) is 25.4 Å². The van der Waals surface area contributed by atoms with Gasteiger partial charge in [0.05, 0.1) is 5.88 Å². The molecule has 18 heavy (non-hydrogen) atoms. The molecule has 0 aliphatic carbocycles. The first-order valence-electron chi connectivity index (χ1n) is 6.24. The van der Waals surface area contributed by atoms with E-state index in [-0.39, 0.29) is 11.8 Å². The first-order valence-corrected chi connectivity index (χ1v) is 6.78.